The fraction of sp³-hybridized carbons (Fsp3) is 0.571. The lowest BCUT2D eigenvalue weighted by Gasteiger charge is -2.24. The van der Waals surface area contributed by atoms with Crippen molar-refractivity contribution in [2.24, 2.45) is 5.92 Å². The van der Waals surface area contributed by atoms with Crippen molar-refractivity contribution in [2.45, 2.75) is 32.6 Å². The Morgan fingerprint density at radius 3 is 2.78 bits per heavy atom. The van der Waals surface area contributed by atoms with Crippen LogP contribution in [0.3, 0.4) is 0 Å². The van der Waals surface area contributed by atoms with Gasteiger partial charge in [-0.3, -0.25) is 4.98 Å². The molecule has 1 saturated carbocycles. The Balaban J connectivity index is 2.19. The smallest absolute Gasteiger partial charge is 0.339 e. The van der Waals surface area contributed by atoms with Crippen molar-refractivity contribution in [3.8, 4) is 0 Å². The first-order valence-electron chi connectivity index (χ1n) is 6.49. The summed E-state index contributed by atoms with van der Waals surface area (Å²) >= 11 is 0. The molecule has 1 aromatic rings. The molecule has 0 bridgehead atoms. The molecule has 98 valence electrons. The highest BCUT2D eigenvalue weighted by atomic mass is 16.4. The summed E-state index contributed by atoms with van der Waals surface area (Å²) in [7, 11) is 1.97. The predicted molar refractivity (Wildman–Crippen MR) is 71.2 cm³/mol. The van der Waals surface area contributed by atoms with Crippen LogP contribution in [0.1, 0.15) is 41.7 Å². The van der Waals surface area contributed by atoms with Crippen LogP contribution in [-0.2, 0) is 0 Å². The summed E-state index contributed by atoms with van der Waals surface area (Å²) in [5, 5.41) is 9.20. The standard InChI is InChI=1S/C14H20N2O2/c1-10-7-13(12(8-15-10)14(17)18)16(2)9-11-5-3-4-6-11/h7-8,11H,3-6,9H2,1-2H3,(H,17,18). The van der Waals surface area contributed by atoms with Crippen LogP contribution in [0, 0.1) is 12.8 Å². The SMILES string of the molecule is Cc1cc(N(C)CC2CCCC2)c(C(=O)O)cn1. The Morgan fingerprint density at radius 2 is 2.17 bits per heavy atom. The number of carboxylic acids is 1. The number of pyridine rings is 1. The molecule has 0 aliphatic heterocycles. The second-order valence-corrected chi connectivity index (χ2v) is 5.18. The van der Waals surface area contributed by atoms with E-state index in [-0.39, 0.29) is 0 Å². The highest BCUT2D eigenvalue weighted by molar-refractivity contribution is 5.94. The number of hydrogen-bond donors (Lipinski definition) is 1. The normalized spacial score (nSPS) is 15.9. The summed E-state index contributed by atoms with van der Waals surface area (Å²) in [6.07, 6.45) is 6.59. The van der Waals surface area contributed by atoms with Crippen LogP contribution >= 0.6 is 0 Å². The molecule has 0 amide bonds. The first-order valence-corrected chi connectivity index (χ1v) is 6.49. The maximum atomic E-state index is 11.2. The van der Waals surface area contributed by atoms with E-state index in [1.165, 1.54) is 31.9 Å². The quantitative estimate of drug-likeness (QED) is 0.890. The number of rotatable bonds is 4. The highest BCUT2D eigenvalue weighted by Crippen LogP contribution is 2.28. The molecule has 0 atom stereocenters. The summed E-state index contributed by atoms with van der Waals surface area (Å²) in [6.45, 7) is 2.82. The van der Waals surface area contributed by atoms with E-state index in [1.807, 2.05) is 20.0 Å². The summed E-state index contributed by atoms with van der Waals surface area (Å²) in [6, 6.07) is 1.86. The van der Waals surface area contributed by atoms with Gasteiger partial charge in [0, 0.05) is 25.5 Å². The second-order valence-electron chi connectivity index (χ2n) is 5.18. The van der Waals surface area contributed by atoms with E-state index in [0.29, 0.717) is 11.5 Å². The zero-order chi connectivity index (χ0) is 13.1. The van der Waals surface area contributed by atoms with Crippen molar-refractivity contribution >= 4 is 11.7 Å². The van der Waals surface area contributed by atoms with Gasteiger partial charge in [-0.25, -0.2) is 4.79 Å². The van der Waals surface area contributed by atoms with Crippen molar-refractivity contribution in [1.29, 1.82) is 0 Å². The number of aromatic nitrogens is 1. The molecule has 1 heterocycles. The molecule has 0 aromatic carbocycles. The molecule has 1 fully saturated rings. The fourth-order valence-corrected chi connectivity index (χ4v) is 2.70. The monoisotopic (exact) mass is 248 g/mol. The number of carbonyl (C=O) groups is 1. The molecule has 0 saturated heterocycles. The maximum absolute atomic E-state index is 11.2. The van der Waals surface area contributed by atoms with Crippen LogP contribution in [0.15, 0.2) is 12.3 Å². The average Bonchev–Trinajstić information content (AvgIpc) is 2.81. The minimum absolute atomic E-state index is 0.293. The van der Waals surface area contributed by atoms with Gasteiger partial charge in [-0.15, -0.1) is 0 Å². The van der Waals surface area contributed by atoms with Crippen LogP contribution in [0.2, 0.25) is 0 Å². The van der Waals surface area contributed by atoms with E-state index in [9.17, 15) is 9.90 Å². The van der Waals surface area contributed by atoms with Gasteiger partial charge in [0.25, 0.3) is 0 Å². The third kappa shape index (κ3) is 2.81. The largest absolute Gasteiger partial charge is 0.478 e. The minimum atomic E-state index is -0.907. The molecule has 1 aromatic heterocycles. The van der Waals surface area contributed by atoms with E-state index in [2.05, 4.69) is 9.88 Å². The molecule has 4 heteroatoms. The molecule has 1 N–H and O–H groups in total. The molecule has 2 rings (SSSR count). The lowest BCUT2D eigenvalue weighted by atomic mass is 10.1. The van der Waals surface area contributed by atoms with Gasteiger partial charge in [-0.2, -0.15) is 0 Å². The van der Waals surface area contributed by atoms with Crippen molar-refractivity contribution in [2.75, 3.05) is 18.5 Å². The molecule has 4 nitrogen and oxygen atoms in total. The Hall–Kier alpha value is -1.58. The van der Waals surface area contributed by atoms with Gasteiger partial charge < -0.3 is 10.0 Å². The van der Waals surface area contributed by atoms with Crippen molar-refractivity contribution in [3.63, 3.8) is 0 Å². The number of aromatic carboxylic acids is 1. The summed E-state index contributed by atoms with van der Waals surface area (Å²) in [5.74, 6) is -0.208. The summed E-state index contributed by atoms with van der Waals surface area (Å²) in [4.78, 5) is 17.3. The number of carboxylic acid groups (broad SMARTS) is 1. The van der Waals surface area contributed by atoms with Crippen LogP contribution in [-0.4, -0.2) is 29.7 Å². The molecule has 0 unspecified atom stereocenters. The van der Waals surface area contributed by atoms with Crippen molar-refractivity contribution in [3.05, 3.63) is 23.5 Å². The lowest BCUT2D eigenvalue weighted by molar-refractivity contribution is 0.0697. The molecule has 18 heavy (non-hydrogen) atoms. The van der Waals surface area contributed by atoms with Gasteiger partial charge in [0.2, 0.25) is 0 Å². The second kappa shape index (κ2) is 5.38. The Morgan fingerprint density at radius 1 is 1.50 bits per heavy atom. The first-order chi connectivity index (χ1) is 8.58. The van der Waals surface area contributed by atoms with Crippen LogP contribution < -0.4 is 4.90 Å². The molecule has 0 radical (unpaired) electrons. The average molecular weight is 248 g/mol. The van der Waals surface area contributed by atoms with Gasteiger partial charge in [0.1, 0.15) is 5.56 Å². The van der Waals surface area contributed by atoms with Crippen molar-refractivity contribution in [1.82, 2.24) is 4.98 Å². The lowest BCUT2D eigenvalue weighted by Crippen LogP contribution is -2.26. The van der Waals surface area contributed by atoms with Gasteiger partial charge in [0.05, 0.1) is 5.69 Å². The fourth-order valence-electron chi connectivity index (χ4n) is 2.70. The van der Waals surface area contributed by atoms with Crippen LogP contribution in [0.4, 0.5) is 5.69 Å². The van der Waals surface area contributed by atoms with E-state index >= 15 is 0 Å². The predicted octanol–water partition coefficient (Wildman–Crippen LogP) is 2.71. The maximum Gasteiger partial charge on any atom is 0.339 e. The number of anilines is 1. The molecule has 1 aliphatic carbocycles. The first kappa shape index (κ1) is 12.9. The van der Waals surface area contributed by atoms with Gasteiger partial charge >= 0.3 is 5.97 Å². The summed E-state index contributed by atoms with van der Waals surface area (Å²) < 4.78 is 0. The molecule has 1 aliphatic rings. The number of hydrogen-bond acceptors (Lipinski definition) is 3. The third-order valence-corrected chi connectivity index (χ3v) is 3.67. The van der Waals surface area contributed by atoms with E-state index in [4.69, 9.17) is 0 Å². The summed E-state index contributed by atoms with van der Waals surface area (Å²) in [5.41, 5.74) is 1.93. The Kier molecular flexibility index (Phi) is 3.84. The number of aryl methyl sites for hydroxylation is 1. The van der Waals surface area contributed by atoms with E-state index in [0.717, 1.165) is 17.9 Å². The van der Waals surface area contributed by atoms with E-state index in [1.54, 1.807) is 0 Å². The van der Waals surface area contributed by atoms with Gasteiger partial charge in [0.15, 0.2) is 0 Å². The molecule has 0 spiro atoms. The number of nitrogens with zero attached hydrogens (tertiary/aromatic N) is 2. The van der Waals surface area contributed by atoms with Crippen LogP contribution in [0.5, 0.6) is 0 Å². The highest BCUT2D eigenvalue weighted by Gasteiger charge is 2.20. The van der Waals surface area contributed by atoms with Crippen LogP contribution in [0.25, 0.3) is 0 Å². The zero-order valence-electron chi connectivity index (χ0n) is 11.0. The van der Waals surface area contributed by atoms with E-state index < -0.39 is 5.97 Å². The minimum Gasteiger partial charge on any atom is -0.478 e. The third-order valence-electron chi connectivity index (χ3n) is 3.67. The van der Waals surface area contributed by atoms with Crippen molar-refractivity contribution < 1.29 is 9.90 Å². The zero-order valence-corrected chi connectivity index (χ0v) is 11.0. The molecular weight excluding hydrogens is 228 g/mol. The Bertz CT molecular complexity index is 439. The molecular formula is C14H20N2O2. The Labute approximate surface area is 108 Å². The topological polar surface area (TPSA) is 53.4 Å². The van der Waals surface area contributed by atoms with Gasteiger partial charge in [-0.1, -0.05) is 12.8 Å². The van der Waals surface area contributed by atoms with Gasteiger partial charge in [-0.05, 0) is 31.7 Å².